The van der Waals surface area contributed by atoms with Gasteiger partial charge in [-0.15, -0.1) is 5.10 Å². The molecule has 3 aromatic rings. The van der Waals surface area contributed by atoms with Gasteiger partial charge in [0, 0.05) is 24.8 Å². The van der Waals surface area contributed by atoms with Crippen LogP contribution >= 0.6 is 0 Å². The lowest BCUT2D eigenvalue weighted by atomic mass is 10.0. The van der Waals surface area contributed by atoms with Crippen LogP contribution in [0.15, 0.2) is 46.9 Å². The third-order valence-corrected chi connectivity index (χ3v) is 4.82. The molecule has 1 N–H and O–H groups in total. The molecule has 6 nitrogen and oxygen atoms in total. The van der Waals surface area contributed by atoms with Crippen LogP contribution in [0.3, 0.4) is 0 Å². The van der Waals surface area contributed by atoms with E-state index in [1.165, 1.54) is 12.8 Å². The highest BCUT2D eigenvalue weighted by Gasteiger charge is 2.28. The van der Waals surface area contributed by atoms with E-state index < -0.39 is 0 Å². The maximum absolute atomic E-state index is 4.60. The van der Waals surface area contributed by atoms with Crippen molar-refractivity contribution in [3.8, 4) is 11.1 Å². The van der Waals surface area contributed by atoms with Crippen LogP contribution in [0.25, 0.3) is 16.6 Å². The number of aromatic nitrogens is 3. The standard InChI is InChI=1S/C19H22N6.C2H6/c1-12-10-15(6-7-17(12)23-20-3)16-8-9-25-18(16)11-21-19(24-25)22-13(2)14-4-5-14;1-2/h6-11,13-14H,4-5H2,1-3H3,(H,22,24);1-2H3/t13-;/m1./s1. The van der Waals surface area contributed by atoms with Gasteiger partial charge < -0.3 is 5.32 Å². The van der Waals surface area contributed by atoms with Crippen LogP contribution < -0.4 is 5.32 Å². The van der Waals surface area contributed by atoms with Crippen molar-refractivity contribution in [1.29, 1.82) is 0 Å². The van der Waals surface area contributed by atoms with E-state index in [0.29, 0.717) is 12.0 Å². The van der Waals surface area contributed by atoms with Crippen molar-refractivity contribution in [3.05, 3.63) is 42.2 Å². The number of rotatable bonds is 5. The van der Waals surface area contributed by atoms with E-state index >= 15 is 0 Å². The molecule has 2 heterocycles. The fourth-order valence-electron chi connectivity index (χ4n) is 3.17. The minimum atomic E-state index is 0.426. The van der Waals surface area contributed by atoms with Crippen LogP contribution in [0.2, 0.25) is 0 Å². The number of aryl methyl sites for hydroxylation is 1. The summed E-state index contributed by atoms with van der Waals surface area (Å²) in [7, 11) is 1.68. The number of anilines is 1. The van der Waals surface area contributed by atoms with Crippen molar-refractivity contribution in [2.45, 2.75) is 46.6 Å². The van der Waals surface area contributed by atoms with Crippen molar-refractivity contribution in [2.24, 2.45) is 16.1 Å². The van der Waals surface area contributed by atoms with E-state index in [2.05, 4.69) is 50.8 Å². The number of azo groups is 1. The average Bonchev–Trinajstić information content (AvgIpc) is 3.45. The number of benzene rings is 1. The fourth-order valence-corrected chi connectivity index (χ4v) is 3.17. The molecule has 1 saturated carbocycles. The van der Waals surface area contributed by atoms with Gasteiger partial charge in [-0.05, 0) is 61.9 Å². The summed E-state index contributed by atoms with van der Waals surface area (Å²) < 4.78 is 1.89. The number of nitrogens with zero attached hydrogens (tertiary/aromatic N) is 5. The summed E-state index contributed by atoms with van der Waals surface area (Å²) in [5.41, 5.74) is 5.23. The summed E-state index contributed by atoms with van der Waals surface area (Å²) in [6.07, 6.45) is 6.47. The van der Waals surface area contributed by atoms with Gasteiger partial charge in [-0.2, -0.15) is 10.2 Å². The van der Waals surface area contributed by atoms with Crippen LogP contribution in [-0.2, 0) is 0 Å². The van der Waals surface area contributed by atoms with Gasteiger partial charge in [0.15, 0.2) is 0 Å². The monoisotopic (exact) mass is 364 g/mol. The normalized spacial score (nSPS) is 14.9. The Hall–Kier alpha value is -2.76. The molecule has 0 saturated heterocycles. The second kappa shape index (κ2) is 8.29. The molecule has 1 aromatic carbocycles. The van der Waals surface area contributed by atoms with Crippen molar-refractivity contribution < 1.29 is 0 Å². The third-order valence-electron chi connectivity index (χ3n) is 4.82. The second-order valence-corrected chi connectivity index (χ2v) is 6.71. The molecule has 4 rings (SSSR count). The molecule has 1 atom stereocenters. The van der Waals surface area contributed by atoms with Crippen LogP contribution in [0.4, 0.5) is 11.6 Å². The highest BCUT2D eigenvalue weighted by molar-refractivity contribution is 5.81. The largest absolute Gasteiger partial charge is 0.350 e. The fraction of sp³-hybridized carbons (Fsp3) is 0.429. The predicted molar refractivity (Wildman–Crippen MR) is 111 cm³/mol. The van der Waals surface area contributed by atoms with Crippen molar-refractivity contribution in [2.75, 3.05) is 12.4 Å². The second-order valence-electron chi connectivity index (χ2n) is 6.71. The van der Waals surface area contributed by atoms with Gasteiger partial charge in [0.2, 0.25) is 5.95 Å². The topological polar surface area (TPSA) is 66.9 Å². The summed E-state index contributed by atoms with van der Waals surface area (Å²) in [5, 5.41) is 16.0. The first-order valence-electron chi connectivity index (χ1n) is 9.67. The highest BCUT2D eigenvalue weighted by Crippen LogP contribution is 2.34. The molecule has 0 bridgehead atoms. The van der Waals surface area contributed by atoms with E-state index in [1.54, 1.807) is 7.05 Å². The Labute approximate surface area is 160 Å². The zero-order valence-electron chi connectivity index (χ0n) is 16.8. The number of nitrogens with one attached hydrogen (secondary N) is 1. The molecular weight excluding hydrogens is 336 g/mol. The van der Waals surface area contributed by atoms with Gasteiger partial charge in [0.25, 0.3) is 0 Å². The Morgan fingerprint density at radius 1 is 1.22 bits per heavy atom. The van der Waals surface area contributed by atoms with Crippen LogP contribution in [0, 0.1) is 12.8 Å². The number of hydrogen-bond donors (Lipinski definition) is 1. The van der Waals surface area contributed by atoms with Gasteiger partial charge >= 0.3 is 0 Å². The van der Waals surface area contributed by atoms with E-state index in [-0.39, 0.29) is 0 Å². The molecule has 0 radical (unpaired) electrons. The average molecular weight is 364 g/mol. The first kappa shape index (κ1) is 19.0. The first-order chi connectivity index (χ1) is 13.2. The van der Waals surface area contributed by atoms with Gasteiger partial charge in [0.05, 0.1) is 17.4 Å². The van der Waals surface area contributed by atoms with Gasteiger partial charge in [-0.1, -0.05) is 19.9 Å². The molecule has 0 amide bonds. The quantitative estimate of drug-likeness (QED) is 0.594. The Balaban J connectivity index is 0.00000102. The maximum atomic E-state index is 4.60. The Bertz CT molecular complexity index is 939. The summed E-state index contributed by atoms with van der Waals surface area (Å²) in [6.45, 7) is 8.24. The summed E-state index contributed by atoms with van der Waals surface area (Å²) >= 11 is 0. The third kappa shape index (κ3) is 4.15. The van der Waals surface area contributed by atoms with E-state index in [0.717, 1.165) is 33.8 Å². The molecule has 27 heavy (non-hydrogen) atoms. The first-order valence-corrected chi connectivity index (χ1v) is 9.67. The zero-order valence-corrected chi connectivity index (χ0v) is 16.8. The van der Waals surface area contributed by atoms with E-state index in [9.17, 15) is 0 Å². The van der Waals surface area contributed by atoms with Gasteiger partial charge in [-0.25, -0.2) is 9.50 Å². The zero-order chi connectivity index (χ0) is 19.4. The molecule has 142 valence electrons. The minimum Gasteiger partial charge on any atom is -0.350 e. The molecule has 0 spiro atoms. The van der Waals surface area contributed by atoms with E-state index in [1.807, 2.05) is 43.7 Å². The Kier molecular flexibility index (Phi) is 5.84. The molecule has 0 aliphatic heterocycles. The maximum Gasteiger partial charge on any atom is 0.241 e. The molecule has 1 fully saturated rings. The summed E-state index contributed by atoms with van der Waals surface area (Å²) in [4.78, 5) is 4.51. The van der Waals surface area contributed by atoms with Crippen molar-refractivity contribution in [1.82, 2.24) is 14.6 Å². The Morgan fingerprint density at radius 2 is 2.00 bits per heavy atom. The molecule has 1 aliphatic carbocycles. The van der Waals surface area contributed by atoms with Crippen LogP contribution in [-0.4, -0.2) is 27.7 Å². The lowest BCUT2D eigenvalue weighted by Crippen LogP contribution is -2.19. The minimum absolute atomic E-state index is 0.426. The SMILES string of the molecule is CC.CN=Nc1ccc(-c2ccn3nc(N[C@H](C)C4CC4)ncc23)cc1C. The molecule has 2 aromatic heterocycles. The summed E-state index contributed by atoms with van der Waals surface area (Å²) in [5.74, 6) is 1.45. The van der Waals surface area contributed by atoms with Crippen LogP contribution in [0.5, 0.6) is 0 Å². The van der Waals surface area contributed by atoms with Crippen molar-refractivity contribution in [3.63, 3.8) is 0 Å². The molecule has 0 unspecified atom stereocenters. The van der Waals surface area contributed by atoms with Crippen molar-refractivity contribution >= 4 is 17.2 Å². The Morgan fingerprint density at radius 3 is 2.67 bits per heavy atom. The number of hydrogen-bond acceptors (Lipinski definition) is 5. The van der Waals surface area contributed by atoms with Gasteiger partial charge in [-0.3, -0.25) is 0 Å². The molecular formula is C21H28N6. The lowest BCUT2D eigenvalue weighted by molar-refractivity contribution is 0.681. The van der Waals surface area contributed by atoms with Gasteiger partial charge in [0.1, 0.15) is 0 Å². The molecule has 6 heteroatoms. The van der Waals surface area contributed by atoms with E-state index in [4.69, 9.17) is 0 Å². The smallest absolute Gasteiger partial charge is 0.241 e. The number of fused-ring (bicyclic) bond motifs is 1. The highest BCUT2D eigenvalue weighted by atomic mass is 15.3. The predicted octanol–water partition coefficient (Wildman–Crippen LogP) is 5.65. The molecule has 1 aliphatic rings. The summed E-state index contributed by atoms with van der Waals surface area (Å²) in [6, 6.07) is 8.69. The van der Waals surface area contributed by atoms with Crippen LogP contribution in [0.1, 0.15) is 39.2 Å². The lowest BCUT2D eigenvalue weighted by Gasteiger charge is -2.12.